The van der Waals surface area contributed by atoms with Crippen molar-refractivity contribution in [2.75, 3.05) is 7.11 Å². The minimum atomic E-state index is -1.92. The molecule has 1 atom stereocenters. The van der Waals surface area contributed by atoms with Crippen molar-refractivity contribution >= 4 is 17.3 Å². The zero-order valence-corrected chi connectivity index (χ0v) is 8.13. The van der Waals surface area contributed by atoms with E-state index < -0.39 is 11.8 Å². The molecule has 0 spiro atoms. The standard InChI is InChI=1S/C8H10O4S/c1-8(10,7(9)11-2)12-6-3-4-13-5-6/h3-5,10H,1-2H3. The van der Waals surface area contributed by atoms with Gasteiger partial charge in [0.25, 0.3) is 0 Å². The van der Waals surface area contributed by atoms with E-state index in [0.29, 0.717) is 5.75 Å². The predicted molar refractivity (Wildman–Crippen MR) is 47.6 cm³/mol. The molecule has 0 bridgehead atoms. The fraction of sp³-hybridized carbons (Fsp3) is 0.375. The Morgan fingerprint density at radius 1 is 1.69 bits per heavy atom. The van der Waals surface area contributed by atoms with Crippen molar-refractivity contribution in [2.24, 2.45) is 0 Å². The summed E-state index contributed by atoms with van der Waals surface area (Å²) in [5.41, 5.74) is 0. The number of carbonyl (C=O) groups is 1. The number of methoxy groups -OCH3 is 1. The average Bonchev–Trinajstić information content (AvgIpc) is 2.54. The number of hydrogen-bond donors (Lipinski definition) is 1. The van der Waals surface area contributed by atoms with Crippen LogP contribution in [-0.4, -0.2) is 24.0 Å². The van der Waals surface area contributed by atoms with Crippen LogP contribution < -0.4 is 4.74 Å². The van der Waals surface area contributed by atoms with Gasteiger partial charge < -0.3 is 14.6 Å². The molecule has 1 unspecified atom stereocenters. The lowest BCUT2D eigenvalue weighted by Gasteiger charge is -2.20. The van der Waals surface area contributed by atoms with E-state index in [1.54, 1.807) is 16.8 Å². The van der Waals surface area contributed by atoms with E-state index in [-0.39, 0.29) is 0 Å². The maximum atomic E-state index is 11.0. The molecule has 1 aromatic heterocycles. The Morgan fingerprint density at radius 2 is 2.38 bits per heavy atom. The molecule has 0 fully saturated rings. The van der Waals surface area contributed by atoms with Gasteiger partial charge in [0.15, 0.2) is 0 Å². The Labute approximate surface area is 79.7 Å². The second-order valence-corrected chi connectivity index (χ2v) is 3.32. The molecular weight excluding hydrogens is 192 g/mol. The molecule has 0 saturated carbocycles. The molecule has 72 valence electrons. The molecule has 0 aliphatic rings. The minimum absolute atomic E-state index is 0.445. The highest BCUT2D eigenvalue weighted by atomic mass is 32.1. The maximum absolute atomic E-state index is 11.0. The van der Waals surface area contributed by atoms with Crippen LogP contribution in [0.4, 0.5) is 0 Å². The van der Waals surface area contributed by atoms with Crippen molar-refractivity contribution in [1.82, 2.24) is 0 Å². The van der Waals surface area contributed by atoms with E-state index in [2.05, 4.69) is 4.74 Å². The lowest BCUT2D eigenvalue weighted by molar-refractivity contribution is -0.191. The van der Waals surface area contributed by atoms with Crippen LogP contribution in [0.5, 0.6) is 5.75 Å². The highest BCUT2D eigenvalue weighted by Crippen LogP contribution is 2.20. The summed E-state index contributed by atoms with van der Waals surface area (Å²) in [6, 6.07) is 1.65. The van der Waals surface area contributed by atoms with Gasteiger partial charge in [-0.2, -0.15) is 0 Å². The molecule has 1 rings (SSSR count). The number of aliphatic hydroxyl groups is 1. The first-order valence-corrected chi connectivity index (χ1v) is 4.52. The first-order chi connectivity index (χ1) is 6.06. The lowest BCUT2D eigenvalue weighted by atomic mass is 10.3. The van der Waals surface area contributed by atoms with Gasteiger partial charge in [-0.15, -0.1) is 11.3 Å². The van der Waals surface area contributed by atoms with Crippen molar-refractivity contribution in [3.05, 3.63) is 16.8 Å². The molecule has 0 aromatic carbocycles. The Kier molecular flexibility index (Phi) is 2.90. The van der Waals surface area contributed by atoms with Gasteiger partial charge in [-0.05, 0) is 11.4 Å². The number of thiophene rings is 1. The molecule has 0 amide bonds. The summed E-state index contributed by atoms with van der Waals surface area (Å²) in [7, 11) is 1.19. The quantitative estimate of drug-likeness (QED) is 0.587. The third-order valence-electron chi connectivity index (χ3n) is 1.38. The highest BCUT2D eigenvalue weighted by molar-refractivity contribution is 7.08. The summed E-state index contributed by atoms with van der Waals surface area (Å²) in [4.78, 5) is 11.0. The number of ether oxygens (including phenoxy) is 2. The van der Waals surface area contributed by atoms with Crippen LogP contribution in [-0.2, 0) is 9.53 Å². The molecule has 1 heterocycles. The van der Waals surface area contributed by atoms with Crippen LogP contribution in [0.3, 0.4) is 0 Å². The van der Waals surface area contributed by atoms with Crippen molar-refractivity contribution in [3.63, 3.8) is 0 Å². The van der Waals surface area contributed by atoms with Crippen LogP contribution in [0.15, 0.2) is 16.8 Å². The van der Waals surface area contributed by atoms with E-state index in [1.165, 1.54) is 25.4 Å². The average molecular weight is 202 g/mol. The summed E-state index contributed by atoms with van der Waals surface area (Å²) in [5.74, 6) is -2.30. The fourth-order valence-electron chi connectivity index (χ4n) is 0.771. The Hall–Kier alpha value is -1.07. The van der Waals surface area contributed by atoms with Crippen LogP contribution >= 0.6 is 11.3 Å². The smallest absolute Gasteiger partial charge is 0.378 e. The molecule has 0 aliphatic carbocycles. The van der Waals surface area contributed by atoms with Crippen LogP contribution in [0.2, 0.25) is 0 Å². The van der Waals surface area contributed by atoms with Gasteiger partial charge >= 0.3 is 11.8 Å². The fourth-order valence-corrected chi connectivity index (χ4v) is 1.32. The number of hydrogen-bond acceptors (Lipinski definition) is 5. The van der Waals surface area contributed by atoms with Crippen molar-refractivity contribution < 1.29 is 19.4 Å². The summed E-state index contributed by atoms with van der Waals surface area (Å²) in [6.45, 7) is 1.23. The van der Waals surface area contributed by atoms with Gasteiger partial charge in [0.2, 0.25) is 0 Å². The third-order valence-corrected chi connectivity index (χ3v) is 2.04. The second-order valence-electron chi connectivity index (χ2n) is 2.54. The van der Waals surface area contributed by atoms with Gasteiger partial charge in [-0.25, -0.2) is 4.79 Å². The third kappa shape index (κ3) is 2.43. The van der Waals surface area contributed by atoms with E-state index >= 15 is 0 Å². The Balaban J connectivity index is 2.67. The van der Waals surface area contributed by atoms with E-state index in [1.807, 2.05) is 0 Å². The zero-order chi connectivity index (χ0) is 9.90. The van der Waals surface area contributed by atoms with Gasteiger partial charge in [0, 0.05) is 12.3 Å². The zero-order valence-electron chi connectivity index (χ0n) is 7.31. The number of esters is 1. The van der Waals surface area contributed by atoms with Gasteiger partial charge in [-0.1, -0.05) is 0 Å². The topological polar surface area (TPSA) is 55.8 Å². The number of rotatable bonds is 3. The van der Waals surface area contributed by atoms with E-state index in [0.717, 1.165) is 0 Å². The lowest BCUT2D eigenvalue weighted by Crippen LogP contribution is -2.42. The molecule has 5 heteroatoms. The van der Waals surface area contributed by atoms with Gasteiger partial charge in [0.05, 0.1) is 7.11 Å². The first-order valence-electron chi connectivity index (χ1n) is 3.58. The molecule has 0 radical (unpaired) electrons. The SMILES string of the molecule is COC(=O)C(C)(O)Oc1ccsc1. The normalized spacial score (nSPS) is 14.7. The highest BCUT2D eigenvalue weighted by Gasteiger charge is 2.34. The first kappa shape index (κ1) is 10.0. The molecular formula is C8H10O4S. The predicted octanol–water partition coefficient (Wildman–Crippen LogP) is 1.01. The minimum Gasteiger partial charge on any atom is -0.464 e. The van der Waals surface area contributed by atoms with Crippen LogP contribution in [0, 0.1) is 0 Å². The molecule has 13 heavy (non-hydrogen) atoms. The Morgan fingerprint density at radius 3 is 2.85 bits per heavy atom. The molecule has 0 aliphatic heterocycles. The molecule has 4 nitrogen and oxygen atoms in total. The molecule has 0 saturated heterocycles. The second kappa shape index (κ2) is 3.76. The summed E-state index contributed by atoms with van der Waals surface area (Å²) < 4.78 is 9.34. The van der Waals surface area contributed by atoms with Crippen molar-refractivity contribution in [2.45, 2.75) is 12.7 Å². The van der Waals surface area contributed by atoms with Gasteiger partial charge in [-0.3, -0.25) is 0 Å². The largest absolute Gasteiger partial charge is 0.464 e. The summed E-state index contributed by atoms with van der Waals surface area (Å²) >= 11 is 1.41. The molecule has 1 aromatic rings. The van der Waals surface area contributed by atoms with Crippen molar-refractivity contribution in [3.8, 4) is 5.75 Å². The van der Waals surface area contributed by atoms with Crippen LogP contribution in [0.25, 0.3) is 0 Å². The van der Waals surface area contributed by atoms with Crippen molar-refractivity contribution in [1.29, 1.82) is 0 Å². The summed E-state index contributed by atoms with van der Waals surface area (Å²) in [6.07, 6.45) is 0. The molecule has 1 N–H and O–H groups in total. The maximum Gasteiger partial charge on any atom is 0.378 e. The van der Waals surface area contributed by atoms with Gasteiger partial charge in [0.1, 0.15) is 5.75 Å². The monoisotopic (exact) mass is 202 g/mol. The van der Waals surface area contributed by atoms with E-state index in [9.17, 15) is 9.90 Å². The van der Waals surface area contributed by atoms with E-state index in [4.69, 9.17) is 4.74 Å². The van der Waals surface area contributed by atoms with Crippen LogP contribution in [0.1, 0.15) is 6.92 Å². The Bertz CT molecular complexity index is 278. The summed E-state index contributed by atoms with van der Waals surface area (Å²) in [5, 5.41) is 12.9. The number of carbonyl (C=O) groups excluding carboxylic acids is 1.